The third kappa shape index (κ3) is 1.49. The molecular weight excluding hydrogens is 180 g/mol. The van der Waals surface area contributed by atoms with Crippen molar-refractivity contribution in [3.8, 4) is 0 Å². The van der Waals surface area contributed by atoms with Crippen LogP contribution >= 0.6 is 0 Å². The van der Waals surface area contributed by atoms with Crippen molar-refractivity contribution in [2.75, 3.05) is 0 Å². The van der Waals surface area contributed by atoms with Crippen molar-refractivity contribution < 1.29 is 0 Å². The molecule has 0 N–H and O–H groups in total. The van der Waals surface area contributed by atoms with Crippen LogP contribution in [0.5, 0.6) is 0 Å². The molecule has 0 radical (unpaired) electrons. The highest BCUT2D eigenvalue weighted by atomic mass is 14.5. The van der Waals surface area contributed by atoms with Crippen molar-refractivity contribution >= 4 is 0 Å². The van der Waals surface area contributed by atoms with Gasteiger partial charge in [-0.05, 0) is 61.2 Å². The normalized spacial score (nSPS) is 52.6. The highest BCUT2D eigenvalue weighted by molar-refractivity contribution is 5.12. The summed E-state index contributed by atoms with van der Waals surface area (Å²) in [7, 11) is 0. The number of hydrogen-bond acceptors (Lipinski definition) is 0. The predicted molar refractivity (Wildman–Crippen MR) is 64.4 cm³/mol. The standard InChI is InChI=1S/C15H22/c1-3-11-6-10(2)14(8-11)15-9-12-4-5-13(15)7-12/h3-5,10-15H,1,6-9H2,2H3. The molecule has 6 unspecified atom stereocenters. The van der Waals surface area contributed by atoms with E-state index < -0.39 is 0 Å². The van der Waals surface area contributed by atoms with Crippen molar-refractivity contribution in [2.45, 2.75) is 32.6 Å². The Morgan fingerprint density at radius 3 is 2.47 bits per heavy atom. The average molecular weight is 202 g/mol. The highest BCUT2D eigenvalue weighted by Gasteiger charge is 2.44. The molecule has 2 fully saturated rings. The van der Waals surface area contributed by atoms with E-state index in [0.717, 1.165) is 35.5 Å². The Morgan fingerprint density at radius 2 is 1.93 bits per heavy atom. The lowest BCUT2D eigenvalue weighted by Gasteiger charge is -2.28. The maximum atomic E-state index is 3.97. The smallest absolute Gasteiger partial charge is 0.0196 e. The van der Waals surface area contributed by atoms with Crippen LogP contribution in [-0.4, -0.2) is 0 Å². The Balaban J connectivity index is 1.73. The van der Waals surface area contributed by atoms with Crippen molar-refractivity contribution in [3.05, 3.63) is 24.8 Å². The Kier molecular flexibility index (Phi) is 2.26. The Hall–Kier alpha value is -0.520. The van der Waals surface area contributed by atoms with Crippen molar-refractivity contribution in [2.24, 2.45) is 35.5 Å². The zero-order valence-electron chi connectivity index (χ0n) is 9.73. The maximum absolute atomic E-state index is 3.97. The van der Waals surface area contributed by atoms with E-state index in [1.165, 1.54) is 25.7 Å². The quantitative estimate of drug-likeness (QED) is 0.593. The Morgan fingerprint density at radius 1 is 1.07 bits per heavy atom. The zero-order valence-corrected chi connectivity index (χ0v) is 9.73. The zero-order chi connectivity index (χ0) is 10.4. The first-order valence-electron chi connectivity index (χ1n) is 6.58. The second kappa shape index (κ2) is 3.50. The van der Waals surface area contributed by atoms with Gasteiger partial charge in [-0.2, -0.15) is 0 Å². The summed E-state index contributed by atoms with van der Waals surface area (Å²) in [5.41, 5.74) is 0. The number of allylic oxidation sites excluding steroid dienone is 3. The first-order valence-corrected chi connectivity index (χ1v) is 6.58. The summed E-state index contributed by atoms with van der Waals surface area (Å²) in [4.78, 5) is 0. The molecule has 2 saturated carbocycles. The molecule has 0 heteroatoms. The summed E-state index contributed by atoms with van der Waals surface area (Å²) in [6.07, 6.45) is 12.9. The SMILES string of the molecule is C=CC1CC(C)C(C2CC3C=CC2C3)C1. The van der Waals surface area contributed by atoms with E-state index in [4.69, 9.17) is 0 Å². The predicted octanol–water partition coefficient (Wildman–Crippen LogP) is 4.05. The van der Waals surface area contributed by atoms with Gasteiger partial charge in [-0.25, -0.2) is 0 Å². The fraction of sp³-hybridized carbons (Fsp3) is 0.733. The topological polar surface area (TPSA) is 0 Å². The van der Waals surface area contributed by atoms with Gasteiger partial charge in [0.2, 0.25) is 0 Å². The van der Waals surface area contributed by atoms with Crippen LogP contribution in [0.25, 0.3) is 0 Å². The van der Waals surface area contributed by atoms with E-state index in [9.17, 15) is 0 Å². The molecule has 0 spiro atoms. The van der Waals surface area contributed by atoms with Crippen LogP contribution in [0, 0.1) is 35.5 Å². The van der Waals surface area contributed by atoms with Gasteiger partial charge in [0.1, 0.15) is 0 Å². The fourth-order valence-electron chi connectivity index (χ4n) is 4.44. The van der Waals surface area contributed by atoms with Gasteiger partial charge in [-0.3, -0.25) is 0 Å². The van der Waals surface area contributed by atoms with Crippen LogP contribution in [0.15, 0.2) is 24.8 Å². The molecule has 2 bridgehead atoms. The molecule has 0 amide bonds. The molecular formula is C15H22. The van der Waals surface area contributed by atoms with E-state index in [2.05, 4.69) is 31.7 Å². The number of hydrogen-bond donors (Lipinski definition) is 0. The lowest BCUT2D eigenvalue weighted by molar-refractivity contribution is 0.238. The maximum Gasteiger partial charge on any atom is -0.0196 e. The molecule has 3 rings (SSSR count). The molecule has 15 heavy (non-hydrogen) atoms. The van der Waals surface area contributed by atoms with Crippen LogP contribution in [0.2, 0.25) is 0 Å². The minimum atomic E-state index is 0.813. The minimum absolute atomic E-state index is 0.813. The van der Waals surface area contributed by atoms with Gasteiger partial charge in [0, 0.05) is 0 Å². The Labute approximate surface area is 93.5 Å². The number of rotatable bonds is 2. The van der Waals surface area contributed by atoms with Crippen LogP contribution < -0.4 is 0 Å². The lowest BCUT2D eigenvalue weighted by atomic mass is 9.77. The molecule has 3 aliphatic carbocycles. The summed E-state index contributed by atoms with van der Waals surface area (Å²) in [5.74, 6) is 5.63. The molecule has 3 aliphatic rings. The van der Waals surface area contributed by atoms with Gasteiger partial charge >= 0.3 is 0 Å². The van der Waals surface area contributed by atoms with E-state index in [1.54, 1.807) is 0 Å². The average Bonchev–Trinajstić information content (AvgIpc) is 2.90. The first-order chi connectivity index (χ1) is 7.28. The molecule has 0 aromatic rings. The third-order valence-electron chi connectivity index (χ3n) is 5.19. The van der Waals surface area contributed by atoms with Gasteiger partial charge in [0.05, 0.1) is 0 Å². The monoisotopic (exact) mass is 202 g/mol. The molecule has 0 heterocycles. The molecule has 0 aromatic carbocycles. The van der Waals surface area contributed by atoms with E-state index in [-0.39, 0.29) is 0 Å². The molecule has 0 aliphatic heterocycles. The molecule has 0 saturated heterocycles. The fourth-order valence-corrected chi connectivity index (χ4v) is 4.44. The van der Waals surface area contributed by atoms with E-state index in [1.807, 2.05) is 0 Å². The second-order valence-electron chi connectivity index (χ2n) is 6.05. The highest BCUT2D eigenvalue weighted by Crippen LogP contribution is 2.53. The third-order valence-corrected chi connectivity index (χ3v) is 5.19. The molecule has 6 atom stereocenters. The van der Waals surface area contributed by atoms with Gasteiger partial charge in [0.25, 0.3) is 0 Å². The van der Waals surface area contributed by atoms with Gasteiger partial charge in [-0.15, -0.1) is 6.58 Å². The summed E-state index contributed by atoms with van der Waals surface area (Å²) < 4.78 is 0. The Bertz CT molecular complexity index is 288. The minimum Gasteiger partial charge on any atom is -0.103 e. The summed E-state index contributed by atoms with van der Waals surface area (Å²) in [6.45, 7) is 6.43. The van der Waals surface area contributed by atoms with Crippen molar-refractivity contribution in [1.29, 1.82) is 0 Å². The van der Waals surface area contributed by atoms with Crippen molar-refractivity contribution in [1.82, 2.24) is 0 Å². The van der Waals surface area contributed by atoms with Gasteiger partial charge in [0.15, 0.2) is 0 Å². The van der Waals surface area contributed by atoms with Crippen LogP contribution in [0.4, 0.5) is 0 Å². The molecule has 0 nitrogen and oxygen atoms in total. The van der Waals surface area contributed by atoms with E-state index >= 15 is 0 Å². The molecule has 0 aromatic heterocycles. The summed E-state index contributed by atoms with van der Waals surface area (Å²) in [6, 6.07) is 0. The first kappa shape index (κ1) is 9.69. The second-order valence-corrected chi connectivity index (χ2v) is 6.05. The summed E-state index contributed by atoms with van der Waals surface area (Å²) in [5, 5.41) is 0. The summed E-state index contributed by atoms with van der Waals surface area (Å²) >= 11 is 0. The van der Waals surface area contributed by atoms with E-state index in [0.29, 0.717) is 0 Å². The van der Waals surface area contributed by atoms with Crippen LogP contribution in [0.1, 0.15) is 32.6 Å². The number of fused-ring (bicyclic) bond motifs is 2. The van der Waals surface area contributed by atoms with Gasteiger partial charge in [-0.1, -0.05) is 25.2 Å². The molecule has 82 valence electrons. The lowest BCUT2D eigenvalue weighted by Crippen LogP contribution is -2.21. The van der Waals surface area contributed by atoms with Gasteiger partial charge < -0.3 is 0 Å². The van der Waals surface area contributed by atoms with Crippen LogP contribution in [-0.2, 0) is 0 Å². The largest absolute Gasteiger partial charge is 0.103 e. The van der Waals surface area contributed by atoms with Crippen LogP contribution in [0.3, 0.4) is 0 Å². The van der Waals surface area contributed by atoms with Crippen molar-refractivity contribution in [3.63, 3.8) is 0 Å².